The van der Waals surface area contributed by atoms with Crippen LogP contribution in [0.15, 0.2) is 30.6 Å². The number of nitrogens with one attached hydrogen (secondary N) is 2. The maximum Gasteiger partial charge on any atom is 0.272 e. The van der Waals surface area contributed by atoms with E-state index in [1.54, 1.807) is 7.11 Å². The summed E-state index contributed by atoms with van der Waals surface area (Å²) < 4.78 is 17.6. The van der Waals surface area contributed by atoms with Gasteiger partial charge in [0.1, 0.15) is 17.8 Å². The first-order chi connectivity index (χ1) is 19.0. The summed E-state index contributed by atoms with van der Waals surface area (Å²) in [6.07, 6.45) is 7.74. The van der Waals surface area contributed by atoms with Gasteiger partial charge >= 0.3 is 0 Å². The van der Waals surface area contributed by atoms with E-state index in [0.29, 0.717) is 49.8 Å². The lowest BCUT2D eigenvalue weighted by molar-refractivity contribution is -0.0533. The van der Waals surface area contributed by atoms with Crippen LogP contribution in [0.3, 0.4) is 0 Å². The van der Waals surface area contributed by atoms with Crippen molar-refractivity contribution in [1.82, 2.24) is 20.2 Å². The minimum atomic E-state index is -0.0225. The quantitative estimate of drug-likeness (QED) is 0.525. The van der Waals surface area contributed by atoms with Crippen molar-refractivity contribution < 1.29 is 19.0 Å². The van der Waals surface area contributed by atoms with E-state index in [1.807, 2.05) is 11.8 Å². The van der Waals surface area contributed by atoms with Gasteiger partial charge in [-0.3, -0.25) is 4.79 Å². The highest BCUT2D eigenvalue weighted by molar-refractivity contribution is 5.94. The van der Waals surface area contributed by atoms with Gasteiger partial charge in [0.25, 0.3) is 5.91 Å². The number of piperidine rings is 1. The zero-order chi connectivity index (χ0) is 27.2. The number of likely N-dealkylation sites (tertiary alicyclic amines) is 1. The Hall–Kier alpha value is -2.59. The van der Waals surface area contributed by atoms with Crippen molar-refractivity contribution in [2.45, 2.75) is 82.8 Å². The van der Waals surface area contributed by atoms with Gasteiger partial charge in [0.15, 0.2) is 0 Å². The standard InChI is InChI=1S/C30H43N5O4/c1-20-6-4-7-22(16-20)26-9-5-8-24(39-26)17-31-29-21(2)28(32-19-33-29)30(36)35-13-10-23(11-14-35)34-25-12-15-38-18-27(25)37-3/h4,6-7,16,19,23-27,34H,5,8-15,17-18H2,1-3H3,(H,31,32,33)/t24-,25+,26+,27-/m1/s1. The number of methoxy groups -OCH3 is 1. The predicted molar refractivity (Wildman–Crippen MR) is 150 cm³/mol. The molecule has 2 aromatic rings. The topological polar surface area (TPSA) is 97.8 Å². The third-order valence-corrected chi connectivity index (χ3v) is 8.39. The largest absolute Gasteiger partial charge is 0.379 e. The van der Waals surface area contributed by atoms with Gasteiger partial charge in [-0.1, -0.05) is 29.8 Å². The molecule has 4 atom stereocenters. The van der Waals surface area contributed by atoms with Gasteiger partial charge < -0.3 is 29.7 Å². The van der Waals surface area contributed by atoms with Gasteiger partial charge in [-0.05, 0) is 57.9 Å². The molecule has 0 spiro atoms. The Bertz CT molecular complexity index is 1110. The summed E-state index contributed by atoms with van der Waals surface area (Å²) >= 11 is 0. The molecule has 1 aromatic heterocycles. The van der Waals surface area contributed by atoms with Crippen LogP contribution in [0.25, 0.3) is 0 Å². The van der Waals surface area contributed by atoms with Crippen LogP contribution in [-0.4, -0.2) is 85.0 Å². The van der Waals surface area contributed by atoms with E-state index >= 15 is 0 Å². The van der Waals surface area contributed by atoms with E-state index in [0.717, 1.165) is 50.7 Å². The summed E-state index contributed by atoms with van der Waals surface area (Å²) in [5.41, 5.74) is 3.77. The smallest absolute Gasteiger partial charge is 0.272 e. The number of aromatic nitrogens is 2. The van der Waals surface area contributed by atoms with Crippen molar-refractivity contribution in [3.8, 4) is 0 Å². The molecule has 3 aliphatic rings. The molecule has 4 heterocycles. The Morgan fingerprint density at radius 2 is 1.97 bits per heavy atom. The molecule has 3 fully saturated rings. The molecule has 0 saturated carbocycles. The molecule has 0 bridgehead atoms. The number of hydrogen-bond acceptors (Lipinski definition) is 8. The van der Waals surface area contributed by atoms with Crippen molar-refractivity contribution in [3.63, 3.8) is 0 Å². The van der Waals surface area contributed by atoms with E-state index in [-0.39, 0.29) is 24.2 Å². The van der Waals surface area contributed by atoms with E-state index in [9.17, 15) is 4.79 Å². The second kappa shape index (κ2) is 13.2. The van der Waals surface area contributed by atoms with Crippen LogP contribution in [0, 0.1) is 13.8 Å². The number of rotatable bonds is 8. The number of carbonyl (C=O) groups is 1. The fourth-order valence-corrected chi connectivity index (χ4v) is 6.06. The lowest BCUT2D eigenvalue weighted by Gasteiger charge is -2.38. The fraction of sp³-hybridized carbons (Fsp3) is 0.633. The lowest BCUT2D eigenvalue weighted by Crippen LogP contribution is -2.54. The van der Waals surface area contributed by atoms with Crippen LogP contribution in [0.2, 0.25) is 0 Å². The molecule has 1 amide bonds. The summed E-state index contributed by atoms with van der Waals surface area (Å²) in [6, 6.07) is 9.26. The molecule has 9 nitrogen and oxygen atoms in total. The molecule has 0 radical (unpaired) electrons. The predicted octanol–water partition coefficient (Wildman–Crippen LogP) is 3.81. The first-order valence-corrected chi connectivity index (χ1v) is 14.4. The number of ether oxygens (including phenoxy) is 3. The molecule has 39 heavy (non-hydrogen) atoms. The van der Waals surface area contributed by atoms with Crippen molar-refractivity contribution >= 4 is 11.7 Å². The van der Waals surface area contributed by atoms with E-state index in [4.69, 9.17) is 14.2 Å². The van der Waals surface area contributed by atoms with Gasteiger partial charge in [0.05, 0.1) is 24.9 Å². The fourth-order valence-electron chi connectivity index (χ4n) is 6.06. The van der Waals surface area contributed by atoms with Crippen LogP contribution >= 0.6 is 0 Å². The minimum Gasteiger partial charge on any atom is -0.379 e. The van der Waals surface area contributed by atoms with Crippen molar-refractivity contribution in [2.24, 2.45) is 0 Å². The third-order valence-electron chi connectivity index (χ3n) is 8.39. The van der Waals surface area contributed by atoms with Crippen LogP contribution in [0.4, 0.5) is 5.82 Å². The third kappa shape index (κ3) is 6.95. The summed E-state index contributed by atoms with van der Waals surface area (Å²) in [5, 5.41) is 7.20. The summed E-state index contributed by atoms with van der Waals surface area (Å²) in [4.78, 5) is 24.2. The van der Waals surface area contributed by atoms with Crippen LogP contribution < -0.4 is 10.6 Å². The molecule has 9 heteroatoms. The number of nitrogens with zero attached hydrogens (tertiary/aromatic N) is 3. The second-order valence-corrected chi connectivity index (χ2v) is 11.1. The highest BCUT2D eigenvalue weighted by atomic mass is 16.5. The molecule has 2 N–H and O–H groups in total. The second-order valence-electron chi connectivity index (χ2n) is 11.1. The minimum absolute atomic E-state index is 0.0225. The van der Waals surface area contributed by atoms with Gasteiger partial charge in [0.2, 0.25) is 0 Å². The zero-order valence-corrected chi connectivity index (χ0v) is 23.5. The Morgan fingerprint density at radius 1 is 1.13 bits per heavy atom. The van der Waals surface area contributed by atoms with Crippen molar-refractivity contribution in [2.75, 3.05) is 45.3 Å². The maximum absolute atomic E-state index is 13.4. The normalized spacial score (nSPS) is 26.4. The summed E-state index contributed by atoms with van der Waals surface area (Å²) in [7, 11) is 1.74. The Balaban J connectivity index is 1.14. The van der Waals surface area contributed by atoms with Crippen molar-refractivity contribution in [3.05, 3.63) is 53.0 Å². The van der Waals surface area contributed by atoms with E-state index in [2.05, 4.69) is 51.8 Å². The molecule has 5 rings (SSSR count). The highest BCUT2D eigenvalue weighted by Gasteiger charge is 2.31. The van der Waals surface area contributed by atoms with Crippen LogP contribution in [-0.2, 0) is 14.2 Å². The summed E-state index contributed by atoms with van der Waals surface area (Å²) in [5.74, 6) is 0.682. The average molecular weight is 538 g/mol. The molecule has 0 unspecified atom stereocenters. The van der Waals surface area contributed by atoms with E-state index < -0.39 is 0 Å². The monoisotopic (exact) mass is 537 g/mol. The number of aryl methyl sites for hydroxylation is 1. The molecular formula is C30H43N5O4. The number of benzene rings is 1. The van der Waals surface area contributed by atoms with E-state index in [1.165, 1.54) is 17.5 Å². The summed E-state index contributed by atoms with van der Waals surface area (Å²) in [6.45, 7) is 7.51. The molecule has 0 aliphatic carbocycles. The number of anilines is 1. The number of amides is 1. The molecule has 1 aromatic carbocycles. The number of hydrogen-bond donors (Lipinski definition) is 2. The molecular weight excluding hydrogens is 494 g/mol. The van der Waals surface area contributed by atoms with Gasteiger partial charge in [0, 0.05) is 51.0 Å². The van der Waals surface area contributed by atoms with Gasteiger partial charge in [-0.2, -0.15) is 0 Å². The lowest BCUT2D eigenvalue weighted by atomic mass is 9.97. The molecule has 3 saturated heterocycles. The first-order valence-electron chi connectivity index (χ1n) is 14.4. The van der Waals surface area contributed by atoms with Gasteiger partial charge in [-0.15, -0.1) is 0 Å². The molecule has 3 aliphatic heterocycles. The van der Waals surface area contributed by atoms with Gasteiger partial charge in [-0.25, -0.2) is 9.97 Å². The molecule has 212 valence electrons. The number of carbonyl (C=O) groups excluding carboxylic acids is 1. The van der Waals surface area contributed by atoms with Crippen LogP contribution in [0.5, 0.6) is 0 Å². The average Bonchev–Trinajstić information content (AvgIpc) is 2.97. The SMILES string of the molecule is CO[C@@H]1COCC[C@@H]1NC1CCN(C(=O)c2ncnc(NC[C@H]3CCC[C@@H](c4cccc(C)c4)O3)c2C)CC1. The highest BCUT2D eigenvalue weighted by Crippen LogP contribution is 2.32. The zero-order valence-electron chi connectivity index (χ0n) is 23.5. The Kier molecular flexibility index (Phi) is 9.45. The Morgan fingerprint density at radius 3 is 2.77 bits per heavy atom. The first kappa shape index (κ1) is 28.0. The van der Waals surface area contributed by atoms with Crippen molar-refractivity contribution in [1.29, 1.82) is 0 Å². The Labute approximate surface area is 232 Å². The van der Waals surface area contributed by atoms with Crippen LogP contribution in [0.1, 0.15) is 71.8 Å². The maximum atomic E-state index is 13.4.